The molecule has 0 bridgehead atoms. The molecule has 0 radical (unpaired) electrons. The number of nitrogens with zero attached hydrogens (tertiary/aromatic N) is 1. The number of rotatable bonds is 7. The van der Waals surface area contributed by atoms with Crippen molar-refractivity contribution in [3.8, 4) is 0 Å². The van der Waals surface area contributed by atoms with Gasteiger partial charge in [0.05, 0.1) is 0 Å². The highest BCUT2D eigenvalue weighted by molar-refractivity contribution is 5.85. The van der Waals surface area contributed by atoms with Crippen LogP contribution in [-0.2, 0) is 4.79 Å². The second-order valence-corrected chi connectivity index (χ2v) is 6.30. The Labute approximate surface area is 136 Å². The number of nitrogens with one attached hydrogen (secondary N) is 2. The van der Waals surface area contributed by atoms with E-state index in [1.165, 1.54) is 0 Å². The first kappa shape index (κ1) is 22.3. The summed E-state index contributed by atoms with van der Waals surface area (Å²) >= 11 is 0. The Kier molecular flexibility index (Phi) is 11.9. The van der Waals surface area contributed by atoms with Gasteiger partial charge < -0.3 is 15.5 Å². The predicted molar refractivity (Wildman–Crippen MR) is 90.0 cm³/mol. The highest BCUT2D eigenvalue weighted by atomic mass is 35.5. The first-order chi connectivity index (χ1) is 8.40. The summed E-state index contributed by atoms with van der Waals surface area (Å²) in [6, 6.07) is 0.267. The number of hydrogen-bond donors (Lipinski definition) is 2. The lowest BCUT2D eigenvalue weighted by Crippen LogP contribution is -2.52. The summed E-state index contributed by atoms with van der Waals surface area (Å²) in [6.45, 7) is 9.33. The highest BCUT2D eigenvalue weighted by Crippen LogP contribution is 2.16. The molecule has 20 heavy (non-hydrogen) atoms. The van der Waals surface area contributed by atoms with E-state index in [0.717, 1.165) is 26.1 Å². The Morgan fingerprint density at radius 3 is 2.15 bits per heavy atom. The number of carbonyl (C=O) groups excluding carboxylic acids is 1. The number of amides is 1. The smallest absolute Gasteiger partial charge is 0.223 e. The minimum atomic E-state index is 0. The van der Waals surface area contributed by atoms with Crippen molar-refractivity contribution in [3.63, 3.8) is 0 Å². The third-order valence-electron chi connectivity index (χ3n) is 3.62. The van der Waals surface area contributed by atoms with Gasteiger partial charge in [0.1, 0.15) is 0 Å². The number of carbonyl (C=O) groups is 1. The SMILES string of the molecule is CC(C)CC(CN(C)C)NC(=O)C(C)C1CNC1.Cl.Cl. The van der Waals surface area contributed by atoms with Crippen molar-refractivity contribution in [2.24, 2.45) is 17.8 Å². The van der Waals surface area contributed by atoms with Crippen molar-refractivity contribution >= 4 is 30.7 Å². The molecule has 2 unspecified atom stereocenters. The van der Waals surface area contributed by atoms with Crippen molar-refractivity contribution < 1.29 is 4.79 Å². The van der Waals surface area contributed by atoms with Crippen LogP contribution in [-0.4, -0.2) is 50.6 Å². The Balaban J connectivity index is 0. The fourth-order valence-corrected chi connectivity index (χ4v) is 2.40. The topological polar surface area (TPSA) is 44.4 Å². The van der Waals surface area contributed by atoms with Gasteiger partial charge in [0.2, 0.25) is 5.91 Å². The van der Waals surface area contributed by atoms with Crippen molar-refractivity contribution in [1.82, 2.24) is 15.5 Å². The third-order valence-corrected chi connectivity index (χ3v) is 3.62. The van der Waals surface area contributed by atoms with E-state index in [4.69, 9.17) is 0 Å². The molecule has 1 saturated heterocycles. The van der Waals surface area contributed by atoms with Crippen LogP contribution in [0.3, 0.4) is 0 Å². The van der Waals surface area contributed by atoms with Gasteiger partial charge in [-0.25, -0.2) is 0 Å². The third kappa shape index (κ3) is 7.67. The lowest BCUT2D eigenvalue weighted by atomic mass is 9.88. The average molecular weight is 328 g/mol. The quantitative estimate of drug-likeness (QED) is 0.749. The zero-order chi connectivity index (χ0) is 13.7. The van der Waals surface area contributed by atoms with E-state index >= 15 is 0 Å². The van der Waals surface area contributed by atoms with E-state index in [-0.39, 0.29) is 42.7 Å². The molecule has 2 N–H and O–H groups in total. The van der Waals surface area contributed by atoms with E-state index in [9.17, 15) is 4.79 Å². The van der Waals surface area contributed by atoms with E-state index in [1.54, 1.807) is 0 Å². The van der Waals surface area contributed by atoms with Crippen LogP contribution in [0.5, 0.6) is 0 Å². The van der Waals surface area contributed by atoms with Crippen LogP contribution in [0.4, 0.5) is 0 Å². The molecule has 2 atom stereocenters. The molecular formula is C14H31Cl2N3O. The molecule has 0 spiro atoms. The molecule has 0 aromatic heterocycles. The first-order valence-corrected chi connectivity index (χ1v) is 7.06. The number of halogens is 2. The molecule has 1 aliphatic rings. The zero-order valence-corrected chi connectivity index (χ0v) is 14.9. The summed E-state index contributed by atoms with van der Waals surface area (Å²) in [5.41, 5.74) is 0. The van der Waals surface area contributed by atoms with Crippen molar-refractivity contribution in [2.45, 2.75) is 33.2 Å². The van der Waals surface area contributed by atoms with E-state index in [2.05, 4.69) is 43.5 Å². The monoisotopic (exact) mass is 327 g/mol. The summed E-state index contributed by atoms with van der Waals surface area (Å²) in [6.07, 6.45) is 1.04. The first-order valence-electron chi connectivity index (χ1n) is 7.06. The molecule has 6 heteroatoms. The van der Waals surface area contributed by atoms with Gasteiger partial charge in [-0.15, -0.1) is 24.8 Å². The van der Waals surface area contributed by atoms with Gasteiger partial charge in [0.15, 0.2) is 0 Å². The Morgan fingerprint density at radius 1 is 1.25 bits per heavy atom. The Bertz CT molecular complexity index is 261. The fraction of sp³-hybridized carbons (Fsp3) is 0.929. The maximum Gasteiger partial charge on any atom is 0.223 e. The van der Waals surface area contributed by atoms with Gasteiger partial charge >= 0.3 is 0 Å². The fourth-order valence-electron chi connectivity index (χ4n) is 2.40. The maximum atomic E-state index is 12.2. The van der Waals surface area contributed by atoms with Crippen molar-refractivity contribution in [3.05, 3.63) is 0 Å². The van der Waals surface area contributed by atoms with Crippen molar-refractivity contribution in [1.29, 1.82) is 0 Å². The average Bonchev–Trinajstić information content (AvgIpc) is 2.11. The summed E-state index contributed by atoms with van der Waals surface area (Å²) in [7, 11) is 4.11. The Hall–Kier alpha value is -0.0300. The van der Waals surface area contributed by atoms with Crippen LogP contribution >= 0.6 is 24.8 Å². The molecule has 1 heterocycles. The summed E-state index contributed by atoms with van der Waals surface area (Å²) in [5.74, 6) is 1.47. The van der Waals surface area contributed by atoms with Crippen LogP contribution in [0.15, 0.2) is 0 Å². The minimum absolute atomic E-state index is 0. The molecule has 4 nitrogen and oxygen atoms in total. The van der Waals surface area contributed by atoms with Crippen LogP contribution in [0.1, 0.15) is 27.2 Å². The van der Waals surface area contributed by atoms with E-state index in [0.29, 0.717) is 11.8 Å². The molecule has 122 valence electrons. The molecule has 0 aromatic carbocycles. The van der Waals surface area contributed by atoms with Gasteiger partial charge in [-0.1, -0.05) is 20.8 Å². The predicted octanol–water partition coefficient (Wildman–Crippen LogP) is 1.78. The van der Waals surface area contributed by atoms with Gasteiger partial charge in [-0.05, 0) is 45.4 Å². The molecule has 0 aliphatic carbocycles. The second kappa shape index (κ2) is 10.7. The molecule has 0 saturated carbocycles. The van der Waals surface area contributed by atoms with Gasteiger partial charge in [0, 0.05) is 18.5 Å². The van der Waals surface area contributed by atoms with Gasteiger partial charge in [0.25, 0.3) is 0 Å². The lowest BCUT2D eigenvalue weighted by Gasteiger charge is -2.33. The lowest BCUT2D eigenvalue weighted by molar-refractivity contribution is -0.127. The summed E-state index contributed by atoms with van der Waals surface area (Å²) in [5, 5.41) is 6.45. The van der Waals surface area contributed by atoms with Crippen molar-refractivity contribution in [2.75, 3.05) is 33.7 Å². The maximum absolute atomic E-state index is 12.2. The largest absolute Gasteiger partial charge is 0.352 e. The van der Waals surface area contributed by atoms with E-state index < -0.39 is 0 Å². The highest BCUT2D eigenvalue weighted by Gasteiger charge is 2.29. The number of likely N-dealkylation sites (N-methyl/N-ethyl adjacent to an activating group) is 1. The number of hydrogen-bond acceptors (Lipinski definition) is 3. The minimum Gasteiger partial charge on any atom is -0.352 e. The molecule has 1 rings (SSSR count). The summed E-state index contributed by atoms with van der Waals surface area (Å²) in [4.78, 5) is 14.3. The standard InChI is InChI=1S/C14H29N3O.2ClH/c1-10(2)6-13(9-17(4)5)16-14(18)11(3)12-7-15-8-12;;/h10-13,15H,6-9H2,1-5H3,(H,16,18);2*1H. The summed E-state index contributed by atoms with van der Waals surface area (Å²) < 4.78 is 0. The zero-order valence-electron chi connectivity index (χ0n) is 13.3. The molecular weight excluding hydrogens is 297 g/mol. The van der Waals surface area contributed by atoms with Crippen LogP contribution < -0.4 is 10.6 Å². The molecule has 1 fully saturated rings. The van der Waals surface area contributed by atoms with E-state index in [1.807, 2.05) is 6.92 Å². The molecule has 1 aliphatic heterocycles. The van der Waals surface area contributed by atoms with Crippen LogP contribution in [0.25, 0.3) is 0 Å². The van der Waals surface area contributed by atoms with Crippen LogP contribution in [0.2, 0.25) is 0 Å². The normalized spacial score (nSPS) is 17.8. The molecule has 0 aromatic rings. The Morgan fingerprint density at radius 2 is 1.80 bits per heavy atom. The van der Waals surface area contributed by atoms with Gasteiger partial charge in [-0.2, -0.15) is 0 Å². The van der Waals surface area contributed by atoms with Gasteiger partial charge in [-0.3, -0.25) is 4.79 Å². The van der Waals surface area contributed by atoms with Crippen LogP contribution in [0, 0.1) is 17.8 Å². The molecule has 1 amide bonds. The second-order valence-electron chi connectivity index (χ2n) is 6.30.